The molecule has 3 N–H and O–H groups in total. The van der Waals surface area contributed by atoms with Gasteiger partial charge in [0.25, 0.3) is 0 Å². The van der Waals surface area contributed by atoms with Gasteiger partial charge in [0.05, 0.1) is 11.6 Å². The summed E-state index contributed by atoms with van der Waals surface area (Å²) in [6.07, 6.45) is -1.85. The predicted molar refractivity (Wildman–Crippen MR) is 151 cm³/mol. The maximum atomic E-state index is 11.6. The number of aryl methyl sites for hydroxylation is 1. The van der Waals surface area contributed by atoms with E-state index >= 15 is 0 Å². The Hall–Kier alpha value is -2.53. The fraction of sp³-hybridized carbons (Fsp3) is 0.517. The van der Waals surface area contributed by atoms with Crippen LogP contribution in [0.25, 0.3) is 0 Å². The number of carboxylic acids is 1. The van der Waals surface area contributed by atoms with E-state index in [0.29, 0.717) is 36.3 Å². The molecule has 0 saturated carbocycles. The molecule has 41 heavy (non-hydrogen) atoms. The first-order valence-corrected chi connectivity index (χ1v) is 13.9. The van der Waals surface area contributed by atoms with Gasteiger partial charge in [-0.3, -0.25) is 4.79 Å². The molecule has 3 rings (SSSR count). The van der Waals surface area contributed by atoms with E-state index in [1.807, 2.05) is 0 Å². The molecule has 0 bridgehead atoms. The highest BCUT2D eigenvalue weighted by Crippen LogP contribution is 2.35. The molecule has 12 heteroatoms. The number of hydrogen-bond donors (Lipinski definition) is 3. The number of alkyl halides is 3. The van der Waals surface area contributed by atoms with Crippen molar-refractivity contribution in [1.29, 1.82) is 0 Å². The molecular formula is C29H36Cl2F3NO6. The number of carbonyl (C=O) groups is 2. The van der Waals surface area contributed by atoms with Gasteiger partial charge < -0.3 is 25.0 Å². The Balaban J connectivity index is 0.000000745. The summed E-state index contributed by atoms with van der Waals surface area (Å²) in [6.45, 7) is 6.98. The maximum absolute atomic E-state index is 11.6. The van der Waals surface area contributed by atoms with Crippen LogP contribution in [-0.4, -0.2) is 59.7 Å². The number of carbonyl (C=O) groups excluding carboxylic acids is 1. The van der Waals surface area contributed by atoms with E-state index in [-0.39, 0.29) is 29.6 Å². The van der Waals surface area contributed by atoms with Crippen LogP contribution < -0.4 is 10.1 Å². The summed E-state index contributed by atoms with van der Waals surface area (Å²) in [6, 6.07) is 12.2. The molecule has 2 aromatic rings. The largest absolute Gasteiger partial charge is 0.490 e. The van der Waals surface area contributed by atoms with E-state index in [9.17, 15) is 23.1 Å². The number of aliphatic carboxylic acids is 1. The third-order valence-electron chi connectivity index (χ3n) is 6.46. The van der Waals surface area contributed by atoms with Crippen LogP contribution in [0.15, 0.2) is 36.4 Å². The van der Waals surface area contributed by atoms with Crippen molar-refractivity contribution in [2.45, 2.75) is 70.7 Å². The fourth-order valence-corrected chi connectivity index (χ4v) is 5.06. The van der Waals surface area contributed by atoms with Gasteiger partial charge in [-0.05, 0) is 75.1 Å². The molecule has 0 saturated heterocycles. The van der Waals surface area contributed by atoms with Gasteiger partial charge in [-0.2, -0.15) is 13.2 Å². The van der Waals surface area contributed by atoms with Gasteiger partial charge in [0, 0.05) is 18.5 Å². The minimum atomic E-state index is -5.08. The Morgan fingerprint density at radius 1 is 1.07 bits per heavy atom. The summed E-state index contributed by atoms with van der Waals surface area (Å²) in [5.74, 6) is -2.01. The molecule has 0 unspecified atom stereocenters. The third-order valence-corrected chi connectivity index (χ3v) is 7.36. The molecule has 0 aromatic heterocycles. The molecule has 0 spiro atoms. The number of carboxylic acid groups (broad SMARTS) is 1. The number of hydrogen-bond acceptors (Lipinski definition) is 6. The Morgan fingerprint density at radius 3 is 2.20 bits per heavy atom. The van der Waals surface area contributed by atoms with Crippen LogP contribution in [0.1, 0.15) is 50.3 Å². The van der Waals surface area contributed by atoms with Crippen LogP contribution in [0.3, 0.4) is 0 Å². The van der Waals surface area contributed by atoms with Gasteiger partial charge in [-0.1, -0.05) is 53.5 Å². The van der Waals surface area contributed by atoms with E-state index in [1.54, 1.807) is 19.1 Å². The lowest BCUT2D eigenvalue weighted by Crippen LogP contribution is -2.46. The average molecular weight is 623 g/mol. The van der Waals surface area contributed by atoms with Gasteiger partial charge in [0.1, 0.15) is 23.5 Å². The Labute approximate surface area is 247 Å². The van der Waals surface area contributed by atoms with Gasteiger partial charge in [-0.15, -0.1) is 0 Å². The van der Waals surface area contributed by atoms with Gasteiger partial charge >= 0.3 is 18.1 Å². The van der Waals surface area contributed by atoms with Crippen LogP contribution in [0, 0.1) is 5.92 Å². The zero-order valence-electron chi connectivity index (χ0n) is 23.2. The summed E-state index contributed by atoms with van der Waals surface area (Å²) < 4.78 is 42.4. The van der Waals surface area contributed by atoms with Gasteiger partial charge in [-0.25, -0.2) is 4.79 Å². The lowest BCUT2D eigenvalue weighted by Gasteiger charge is -2.30. The first kappa shape index (κ1) is 34.7. The highest BCUT2D eigenvalue weighted by atomic mass is 35.5. The summed E-state index contributed by atoms with van der Waals surface area (Å²) in [5, 5.41) is 21.7. The first-order valence-electron chi connectivity index (χ1n) is 13.2. The molecular weight excluding hydrogens is 586 g/mol. The van der Waals surface area contributed by atoms with Crippen molar-refractivity contribution in [2.24, 2.45) is 5.92 Å². The molecule has 1 atom stereocenters. The highest BCUT2D eigenvalue weighted by Gasteiger charge is 2.38. The molecule has 228 valence electrons. The highest BCUT2D eigenvalue weighted by molar-refractivity contribution is 6.43. The Morgan fingerprint density at radius 2 is 1.66 bits per heavy atom. The SMILES string of the molecule is CCOC(=O)CCc1ccc(OC[C@H](O)CNC(C)(C)CC2Cc3ccccc3C2)c(Cl)c1Cl.O=C(O)C(F)(F)F. The number of halogens is 5. The van der Waals surface area contributed by atoms with Crippen molar-refractivity contribution >= 4 is 35.1 Å². The summed E-state index contributed by atoms with van der Waals surface area (Å²) in [7, 11) is 0. The standard InChI is InChI=1S/C27H35Cl2NO4.C2HF3O2/c1-4-33-24(32)12-10-19-9-11-23(26(29)25(19)28)34-17-22(31)16-30-27(2,3)15-18-13-20-7-5-6-8-21(20)14-18;3-2(4,5)1(6)7/h5-9,11,18,22,30-31H,4,10,12-17H2,1-3H3;(H,6,7)/t22-;/m1./s1. The number of rotatable bonds is 12. The molecule has 0 amide bonds. The third kappa shape index (κ3) is 11.7. The molecule has 1 aliphatic rings. The van der Waals surface area contributed by atoms with E-state index < -0.39 is 18.2 Å². The number of nitrogens with one attached hydrogen (secondary N) is 1. The maximum Gasteiger partial charge on any atom is 0.490 e. The topological polar surface area (TPSA) is 105 Å². The quantitative estimate of drug-likeness (QED) is 0.248. The lowest BCUT2D eigenvalue weighted by atomic mass is 9.88. The molecule has 0 fully saturated rings. The Kier molecular flexibility index (Phi) is 13.2. The smallest absolute Gasteiger partial charge is 0.489 e. The fourth-order valence-electron chi connectivity index (χ4n) is 4.57. The second kappa shape index (κ2) is 15.6. The summed E-state index contributed by atoms with van der Waals surface area (Å²) >= 11 is 12.7. The van der Waals surface area contributed by atoms with Crippen molar-refractivity contribution in [3.8, 4) is 5.75 Å². The predicted octanol–water partition coefficient (Wildman–Crippen LogP) is 6.04. The van der Waals surface area contributed by atoms with Crippen molar-refractivity contribution in [3.05, 3.63) is 63.1 Å². The number of aliphatic hydroxyl groups excluding tert-OH is 1. The van der Waals surface area contributed by atoms with Crippen molar-refractivity contribution in [3.63, 3.8) is 0 Å². The minimum Gasteiger partial charge on any atom is -0.489 e. The van der Waals surface area contributed by atoms with E-state index in [0.717, 1.165) is 24.8 Å². The minimum absolute atomic E-state index is 0.0934. The number of β-amino-alcohol motifs (C(OH)–C–C–N with tert-alkyl or cyclic N) is 1. The zero-order valence-corrected chi connectivity index (χ0v) is 24.7. The van der Waals surface area contributed by atoms with Crippen molar-refractivity contribution in [2.75, 3.05) is 19.8 Å². The number of benzene rings is 2. The molecule has 0 radical (unpaired) electrons. The normalized spacial score (nSPS) is 14.1. The number of ether oxygens (including phenoxy) is 2. The number of aliphatic hydroxyl groups is 1. The van der Waals surface area contributed by atoms with Crippen LogP contribution in [0.4, 0.5) is 13.2 Å². The summed E-state index contributed by atoms with van der Waals surface area (Å²) in [4.78, 5) is 20.5. The molecule has 2 aromatic carbocycles. The summed E-state index contributed by atoms with van der Waals surface area (Å²) in [5.41, 5.74) is 3.57. The molecule has 0 aliphatic heterocycles. The second-order valence-electron chi connectivity index (χ2n) is 10.4. The average Bonchev–Trinajstić information content (AvgIpc) is 3.29. The van der Waals surface area contributed by atoms with Crippen molar-refractivity contribution in [1.82, 2.24) is 5.32 Å². The van der Waals surface area contributed by atoms with E-state index in [1.165, 1.54) is 11.1 Å². The van der Waals surface area contributed by atoms with E-state index in [4.69, 9.17) is 42.6 Å². The first-order chi connectivity index (χ1) is 19.1. The molecule has 1 aliphatic carbocycles. The Bertz CT molecular complexity index is 1150. The zero-order chi connectivity index (χ0) is 30.8. The van der Waals surface area contributed by atoms with Crippen LogP contribution in [-0.2, 0) is 33.6 Å². The molecule has 0 heterocycles. The van der Waals surface area contributed by atoms with E-state index in [2.05, 4.69) is 43.4 Å². The molecule has 7 nitrogen and oxygen atoms in total. The number of fused-ring (bicyclic) bond motifs is 1. The van der Waals surface area contributed by atoms with Crippen LogP contribution in [0.5, 0.6) is 5.75 Å². The lowest BCUT2D eigenvalue weighted by molar-refractivity contribution is -0.192. The van der Waals surface area contributed by atoms with Gasteiger partial charge in [0.2, 0.25) is 0 Å². The van der Waals surface area contributed by atoms with Crippen molar-refractivity contribution < 1.29 is 42.4 Å². The van der Waals surface area contributed by atoms with Crippen LogP contribution in [0.2, 0.25) is 10.0 Å². The second-order valence-corrected chi connectivity index (χ2v) is 11.2. The van der Waals surface area contributed by atoms with Gasteiger partial charge in [0.15, 0.2) is 0 Å². The monoisotopic (exact) mass is 621 g/mol. The number of esters is 1. The van der Waals surface area contributed by atoms with Crippen LogP contribution >= 0.6 is 23.2 Å².